The molecular weight excluding hydrogens is 331 g/mol. The lowest BCUT2D eigenvalue weighted by molar-refractivity contribution is -0.116. The van der Waals surface area contributed by atoms with Crippen molar-refractivity contribution in [1.82, 2.24) is 0 Å². The predicted molar refractivity (Wildman–Crippen MR) is 95.7 cm³/mol. The summed E-state index contributed by atoms with van der Waals surface area (Å²) in [5.74, 6) is -0.394. The van der Waals surface area contributed by atoms with Crippen LogP contribution in [0.2, 0.25) is 5.02 Å². The van der Waals surface area contributed by atoms with Gasteiger partial charge in [0.05, 0.1) is 23.5 Å². The number of carbonyl (C=O) groups excluding carboxylic acids is 1. The summed E-state index contributed by atoms with van der Waals surface area (Å²) in [7, 11) is 5.13. The quantitative estimate of drug-likeness (QED) is 0.851. The van der Waals surface area contributed by atoms with Gasteiger partial charge < -0.3 is 15.0 Å². The zero-order valence-corrected chi connectivity index (χ0v) is 14.7. The smallest absolute Gasteiger partial charge is 0.224 e. The number of methoxy groups -OCH3 is 1. The van der Waals surface area contributed by atoms with Gasteiger partial charge in [-0.3, -0.25) is 4.79 Å². The van der Waals surface area contributed by atoms with Crippen LogP contribution < -0.4 is 15.0 Å². The van der Waals surface area contributed by atoms with Gasteiger partial charge in [-0.15, -0.1) is 0 Å². The lowest BCUT2D eigenvalue weighted by atomic mass is 10.1. The first-order valence-corrected chi connectivity index (χ1v) is 7.88. The molecule has 0 aliphatic rings. The zero-order valence-electron chi connectivity index (χ0n) is 13.9. The van der Waals surface area contributed by atoms with E-state index in [1.807, 2.05) is 19.0 Å². The Bertz CT molecular complexity index is 735. The van der Waals surface area contributed by atoms with Gasteiger partial charge in [-0.05, 0) is 36.2 Å². The van der Waals surface area contributed by atoms with Crippen LogP contribution in [0.15, 0.2) is 36.4 Å². The highest BCUT2D eigenvalue weighted by atomic mass is 35.5. The third-order valence-electron chi connectivity index (χ3n) is 3.57. The number of ether oxygens (including phenoxy) is 1. The maximum Gasteiger partial charge on any atom is 0.224 e. The average Bonchev–Trinajstić information content (AvgIpc) is 2.52. The van der Waals surface area contributed by atoms with Crippen molar-refractivity contribution < 1.29 is 13.9 Å². The minimum absolute atomic E-state index is 0.156. The van der Waals surface area contributed by atoms with Gasteiger partial charge in [-0.2, -0.15) is 0 Å². The minimum atomic E-state index is -0.430. The van der Waals surface area contributed by atoms with Crippen molar-refractivity contribution in [3.63, 3.8) is 0 Å². The molecule has 0 bridgehead atoms. The summed E-state index contributed by atoms with van der Waals surface area (Å²) >= 11 is 6.18. The van der Waals surface area contributed by atoms with Crippen molar-refractivity contribution >= 4 is 28.9 Å². The van der Waals surface area contributed by atoms with E-state index < -0.39 is 5.82 Å². The molecule has 0 atom stereocenters. The van der Waals surface area contributed by atoms with Crippen LogP contribution in [0.1, 0.15) is 12.0 Å². The molecule has 0 aliphatic carbocycles. The standard InChI is InChI=1S/C18H20ClFN2O2/c1-22(2)18-13(19)5-4-6-15(18)21-17(23)10-8-12-7-9-16(24-3)14(20)11-12/h4-7,9,11H,8,10H2,1-3H3,(H,21,23). The van der Waals surface area contributed by atoms with E-state index in [0.717, 1.165) is 11.3 Å². The number of para-hydroxylation sites is 1. The highest BCUT2D eigenvalue weighted by Crippen LogP contribution is 2.32. The number of hydrogen-bond donors (Lipinski definition) is 1. The SMILES string of the molecule is COc1ccc(CCC(=O)Nc2cccc(Cl)c2N(C)C)cc1F. The van der Waals surface area contributed by atoms with E-state index in [-0.39, 0.29) is 18.1 Å². The Morgan fingerprint density at radius 3 is 2.67 bits per heavy atom. The normalized spacial score (nSPS) is 10.4. The molecular formula is C18H20ClFN2O2. The second-order valence-corrected chi connectivity index (χ2v) is 5.95. The average molecular weight is 351 g/mol. The van der Waals surface area contributed by atoms with Gasteiger partial charge in [-0.1, -0.05) is 23.7 Å². The molecule has 24 heavy (non-hydrogen) atoms. The number of carbonyl (C=O) groups is 1. The van der Waals surface area contributed by atoms with Gasteiger partial charge >= 0.3 is 0 Å². The molecule has 0 radical (unpaired) electrons. The van der Waals surface area contributed by atoms with Crippen LogP contribution >= 0.6 is 11.6 Å². The van der Waals surface area contributed by atoms with E-state index in [9.17, 15) is 9.18 Å². The van der Waals surface area contributed by atoms with E-state index in [1.165, 1.54) is 13.2 Å². The van der Waals surface area contributed by atoms with Crippen LogP contribution in [0.3, 0.4) is 0 Å². The highest BCUT2D eigenvalue weighted by molar-refractivity contribution is 6.34. The Morgan fingerprint density at radius 2 is 2.04 bits per heavy atom. The first-order chi connectivity index (χ1) is 11.4. The van der Waals surface area contributed by atoms with Gasteiger partial charge in [0.1, 0.15) is 0 Å². The van der Waals surface area contributed by atoms with Crippen molar-refractivity contribution in [1.29, 1.82) is 0 Å². The van der Waals surface area contributed by atoms with Crippen molar-refractivity contribution in [2.24, 2.45) is 0 Å². The number of halogens is 2. The molecule has 4 nitrogen and oxygen atoms in total. The zero-order chi connectivity index (χ0) is 17.7. The van der Waals surface area contributed by atoms with Crippen LogP contribution in [-0.4, -0.2) is 27.1 Å². The lowest BCUT2D eigenvalue weighted by Crippen LogP contribution is -2.17. The largest absolute Gasteiger partial charge is 0.494 e. The Kier molecular flexibility index (Phi) is 6.04. The van der Waals surface area contributed by atoms with Crippen LogP contribution in [0, 0.1) is 5.82 Å². The van der Waals surface area contributed by atoms with Gasteiger partial charge in [0.2, 0.25) is 5.91 Å². The predicted octanol–water partition coefficient (Wildman–Crippen LogP) is 4.13. The maximum atomic E-state index is 13.7. The first kappa shape index (κ1) is 18.1. The second kappa shape index (κ2) is 8.02. The summed E-state index contributed by atoms with van der Waals surface area (Å²) in [4.78, 5) is 14.0. The van der Waals surface area contributed by atoms with Crippen LogP contribution in [0.5, 0.6) is 5.75 Å². The van der Waals surface area contributed by atoms with Gasteiger partial charge in [-0.25, -0.2) is 4.39 Å². The Balaban J connectivity index is 2.02. The number of nitrogens with zero attached hydrogens (tertiary/aromatic N) is 1. The fourth-order valence-corrected chi connectivity index (χ4v) is 2.75. The van der Waals surface area contributed by atoms with Crippen LogP contribution in [0.4, 0.5) is 15.8 Å². The van der Waals surface area contributed by atoms with Crippen LogP contribution in [-0.2, 0) is 11.2 Å². The number of nitrogens with one attached hydrogen (secondary N) is 1. The fraction of sp³-hybridized carbons (Fsp3) is 0.278. The summed E-state index contributed by atoms with van der Waals surface area (Å²) in [6, 6.07) is 10.0. The topological polar surface area (TPSA) is 41.6 Å². The van der Waals surface area contributed by atoms with Crippen LogP contribution in [0.25, 0.3) is 0 Å². The molecule has 0 fully saturated rings. The maximum absolute atomic E-state index is 13.7. The Morgan fingerprint density at radius 1 is 1.29 bits per heavy atom. The number of hydrogen-bond acceptors (Lipinski definition) is 3. The molecule has 0 aliphatic heterocycles. The molecule has 0 unspecified atom stereocenters. The molecule has 0 aromatic heterocycles. The van der Waals surface area contributed by atoms with E-state index in [4.69, 9.17) is 16.3 Å². The molecule has 1 N–H and O–H groups in total. The Hall–Kier alpha value is -2.27. The first-order valence-electron chi connectivity index (χ1n) is 7.50. The van der Waals surface area contributed by atoms with Gasteiger partial charge in [0.25, 0.3) is 0 Å². The fourth-order valence-electron chi connectivity index (χ4n) is 2.41. The lowest BCUT2D eigenvalue weighted by Gasteiger charge is -2.19. The molecule has 2 rings (SSSR count). The van der Waals surface area contributed by atoms with E-state index in [0.29, 0.717) is 17.1 Å². The summed E-state index contributed by atoms with van der Waals surface area (Å²) in [5, 5.41) is 3.42. The summed E-state index contributed by atoms with van der Waals surface area (Å²) in [6.07, 6.45) is 0.676. The monoisotopic (exact) mass is 350 g/mol. The molecule has 1 amide bonds. The van der Waals surface area contributed by atoms with Crippen molar-refractivity contribution in [3.05, 3.63) is 52.8 Å². The molecule has 0 heterocycles. The minimum Gasteiger partial charge on any atom is -0.494 e. The van der Waals surface area contributed by atoms with Crippen molar-refractivity contribution in [2.45, 2.75) is 12.8 Å². The second-order valence-electron chi connectivity index (χ2n) is 5.55. The number of rotatable bonds is 6. The van der Waals surface area contributed by atoms with E-state index >= 15 is 0 Å². The third kappa shape index (κ3) is 4.38. The molecule has 6 heteroatoms. The van der Waals surface area contributed by atoms with Crippen molar-refractivity contribution in [2.75, 3.05) is 31.4 Å². The molecule has 0 spiro atoms. The molecule has 128 valence electrons. The molecule has 2 aromatic rings. The van der Waals surface area contributed by atoms with Crippen molar-refractivity contribution in [3.8, 4) is 5.75 Å². The number of anilines is 2. The number of aryl methyl sites for hydroxylation is 1. The van der Waals surface area contributed by atoms with E-state index in [2.05, 4.69) is 5.32 Å². The third-order valence-corrected chi connectivity index (χ3v) is 3.87. The Labute approximate surface area is 146 Å². The number of amides is 1. The van der Waals surface area contributed by atoms with Gasteiger partial charge in [0.15, 0.2) is 11.6 Å². The summed E-state index contributed by atoms with van der Waals surface area (Å²) in [5.41, 5.74) is 2.14. The highest BCUT2D eigenvalue weighted by Gasteiger charge is 2.12. The molecule has 0 saturated carbocycles. The summed E-state index contributed by atoms with van der Waals surface area (Å²) < 4.78 is 18.5. The molecule has 0 saturated heterocycles. The molecule has 2 aromatic carbocycles. The van der Waals surface area contributed by atoms with Gasteiger partial charge in [0, 0.05) is 20.5 Å². The number of benzene rings is 2. The van der Waals surface area contributed by atoms with E-state index in [1.54, 1.807) is 30.3 Å². The summed E-state index contributed by atoms with van der Waals surface area (Å²) in [6.45, 7) is 0.